The molecule has 72 valence electrons. The number of hydrogen-bond acceptors (Lipinski definition) is 1. The number of halogens is 1. The Balaban J connectivity index is 4.15. The molecule has 0 spiro atoms. The molecule has 0 aromatic carbocycles. The minimum Gasteiger partial charge on any atom is -0.481 e. The van der Waals surface area contributed by atoms with E-state index in [2.05, 4.69) is 0 Å². The number of rotatable bonds is 4. The molecule has 0 heterocycles. The first-order chi connectivity index (χ1) is 5.39. The van der Waals surface area contributed by atoms with Crippen molar-refractivity contribution in [1.82, 2.24) is 0 Å². The maximum atomic E-state index is 11.8. The molecule has 1 unspecified atom stereocenters. The quantitative estimate of drug-likeness (QED) is 0.714. The van der Waals surface area contributed by atoms with Crippen molar-refractivity contribution >= 4 is 5.97 Å². The number of aliphatic carboxylic acids is 1. The molecule has 0 aliphatic rings. The monoisotopic (exact) mass is 176 g/mol. The number of carboxylic acids is 1. The van der Waals surface area contributed by atoms with Gasteiger partial charge in [-0.25, -0.2) is 0 Å². The Bertz CT molecular complexity index is 149. The fraction of sp³-hybridized carbons (Fsp3) is 0.889. The second kappa shape index (κ2) is 4.43. The summed E-state index contributed by atoms with van der Waals surface area (Å²) in [6.07, 6.45) is 0.767. The van der Waals surface area contributed by atoms with E-state index in [0.717, 1.165) is 0 Å². The summed E-state index contributed by atoms with van der Waals surface area (Å²) in [5.41, 5.74) is -0.277. The van der Waals surface area contributed by atoms with Gasteiger partial charge in [0, 0.05) is 0 Å². The third-order valence-electron chi connectivity index (χ3n) is 1.97. The van der Waals surface area contributed by atoms with Gasteiger partial charge in [0.15, 0.2) is 0 Å². The van der Waals surface area contributed by atoms with Gasteiger partial charge in [-0.2, -0.15) is 0 Å². The van der Waals surface area contributed by atoms with Crippen LogP contribution in [0.4, 0.5) is 4.39 Å². The molecule has 1 atom stereocenters. The first-order valence-corrected chi connectivity index (χ1v) is 4.18. The summed E-state index contributed by atoms with van der Waals surface area (Å²) in [6.45, 7) is 5.16. The minimum atomic E-state index is -0.823. The summed E-state index contributed by atoms with van der Waals surface area (Å²) in [4.78, 5) is 10.7. The molecule has 0 aromatic rings. The SMILES string of the molecule is CC(C)(C)C(CCCF)C(=O)O. The van der Waals surface area contributed by atoms with Crippen LogP contribution in [-0.4, -0.2) is 17.8 Å². The summed E-state index contributed by atoms with van der Waals surface area (Å²) < 4.78 is 11.8. The Morgan fingerprint density at radius 3 is 2.25 bits per heavy atom. The van der Waals surface area contributed by atoms with Gasteiger partial charge in [0.1, 0.15) is 0 Å². The fourth-order valence-electron chi connectivity index (χ4n) is 1.21. The van der Waals surface area contributed by atoms with Gasteiger partial charge in [-0.1, -0.05) is 20.8 Å². The fourth-order valence-corrected chi connectivity index (χ4v) is 1.21. The van der Waals surface area contributed by atoms with Gasteiger partial charge in [0.05, 0.1) is 12.6 Å². The molecular formula is C9H17FO2. The van der Waals surface area contributed by atoms with Crippen LogP contribution in [0, 0.1) is 11.3 Å². The summed E-state index contributed by atoms with van der Waals surface area (Å²) in [6, 6.07) is 0. The van der Waals surface area contributed by atoms with Crippen LogP contribution in [0.5, 0.6) is 0 Å². The van der Waals surface area contributed by atoms with Gasteiger partial charge >= 0.3 is 5.97 Å². The van der Waals surface area contributed by atoms with Crippen LogP contribution in [0.25, 0.3) is 0 Å². The van der Waals surface area contributed by atoms with E-state index in [1.807, 2.05) is 20.8 Å². The smallest absolute Gasteiger partial charge is 0.307 e. The standard InChI is InChI=1S/C9H17FO2/c1-9(2,3)7(8(11)12)5-4-6-10/h7H,4-6H2,1-3H3,(H,11,12). The van der Waals surface area contributed by atoms with Gasteiger partial charge in [-0.3, -0.25) is 9.18 Å². The normalized spacial score (nSPS) is 14.3. The largest absolute Gasteiger partial charge is 0.481 e. The minimum absolute atomic E-state index is 0.277. The van der Waals surface area contributed by atoms with E-state index in [9.17, 15) is 9.18 Å². The van der Waals surface area contributed by atoms with Crippen LogP contribution in [0.15, 0.2) is 0 Å². The summed E-state index contributed by atoms with van der Waals surface area (Å²) in [5, 5.41) is 8.81. The molecule has 0 saturated heterocycles. The first-order valence-electron chi connectivity index (χ1n) is 4.18. The number of carboxylic acid groups (broad SMARTS) is 1. The highest BCUT2D eigenvalue weighted by Gasteiger charge is 2.30. The molecule has 0 aliphatic heterocycles. The highest BCUT2D eigenvalue weighted by Crippen LogP contribution is 2.29. The van der Waals surface area contributed by atoms with Crippen LogP contribution < -0.4 is 0 Å². The number of hydrogen-bond donors (Lipinski definition) is 1. The molecule has 0 aliphatic carbocycles. The molecule has 0 amide bonds. The van der Waals surface area contributed by atoms with Crippen LogP contribution in [0.2, 0.25) is 0 Å². The third kappa shape index (κ3) is 3.69. The Morgan fingerprint density at radius 2 is 2.00 bits per heavy atom. The van der Waals surface area contributed by atoms with Crippen molar-refractivity contribution in [3.8, 4) is 0 Å². The summed E-state index contributed by atoms with van der Waals surface area (Å²) >= 11 is 0. The van der Waals surface area contributed by atoms with Crippen LogP contribution in [0.3, 0.4) is 0 Å². The highest BCUT2D eigenvalue weighted by atomic mass is 19.1. The van der Waals surface area contributed by atoms with E-state index < -0.39 is 18.6 Å². The van der Waals surface area contributed by atoms with Gasteiger partial charge in [0.25, 0.3) is 0 Å². The van der Waals surface area contributed by atoms with Crippen LogP contribution in [0.1, 0.15) is 33.6 Å². The lowest BCUT2D eigenvalue weighted by molar-refractivity contribution is -0.145. The molecule has 1 N–H and O–H groups in total. The zero-order chi connectivity index (χ0) is 9.78. The molecule has 12 heavy (non-hydrogen) atoms. The van der Waals surface area contributed by atoms with Crippen molar-refractivity contribution < 1.29 is 14.3 Å². The van der Waals surface area contributed by atoms with E-state index >= 15 is 0 Å². The Morgan fingerprint density at radius 1 is 1.50 bits per heavy atom. The van der Waals surface area contributed by atoms with E-state index in [-0.39, 0.29) is 5.41 Å². The van der Waals surface area contributed by atoms with Crippen molar-refractivity contribution in [2.24, 2.45) is 11.3 Å². The predicted octanol–water partition coefficient (Wildman–Crippen LogP) is 2.48. The zero-order valence-electron chi connectivity index (χ0n) is 7.93. The lowest BCUT2D eigenvalue weighted by Gasteiger charge is -2.26. The molecule has 0 saturated carbocycles. The number of carbonyl (C=O) groups is 1. The van der Waals surface area contributed by atoms with Gasteiger partial charge in [-0.05, 0) is 18.3 Å². The average molecular weight is 176 g/mol. The molecule has 0 rings (SSSR count). The highest BCUT2D eigenvalue weighted by molar-refractivity contribution is 5.70. The van der Waals surface area contributed by atoms with Crippen molar-refractivity contribution in [2.75, 3.05) is 6.67 Å². The van der Waals surface area contributed by atoms with E-state index in [4.69, 9.17) is 5.11 Å². The second-order valence-corrected chi connectivity index (χ2v) is 4.09. The van der Waals surface area contributed by atoms with Gasteiger partial charge in [-0.15, -0.1) is 0 Å². The van der Waals surface area contributed by atoms with Gasteiger partial charge in [0.2, 0.25) is 0 Å². The van der Waals surface area contributed by atoms with E-state index in [1.54, 1.807) is 0 Å². The third-order valence-corrected chi connectivity index (χ3v) is 1.97. The molecule has 0 aromatic heterocycles. The maximum absolute atomic E-state index is 11.8. The maximum Gasteiger partial charge on any atom is 0.307 e. The molecule has 0 radical (unpaired) electrons. The Labute approximate surface area is 72.8 Å². The van der Waals surface area contributed by atoms with E-state index in [1.165, 1.54) is 0 Å². The van der Waals surface area contributed by atoms with Crippen molar-refractivity contribution in [1.29, 1.82) is 0 Å². The molecular weight excluding hydrogens is 159 g/mol. The second-order valence-electron chi connectivity index (χ2n) is 4.09. The van der Waals surface area contributed by atoms with Crippen LogP contribution >= 0.6 is 0 Å². The van der Waals surface area contributed by atoms with Crippen LogP contribution in [-0.2, 0) is 4.79 Å². The topological polar surface area (TPSA) is 37.3 Å². The molecule has 3 heteroatoms. The average Bonchev–Trinajstić information content (AvgIpc) is 1.84. The van der Waals surface area contributed by atoms with Crippen molar-refractivity contribution in [3.05, 3.63) is 0 Å². The lowest BCUT2D eigenvalue weighted by atomic mass is 9.78. The summed E-state index contributed by atoms with van der Waals surface area (Å²) in [5.74, 6) is -1.26. The number of alkyl halides is 1. The Kier molecular flexibility index (Phi) is 4.21. The molecule has 0 fully saturated rings. The Hall–Kier alpha value is -0.600. The predicted molar refractivity (Wildman–Crippen MR) is 45.8 cm³/mol. The first kappa shape index (κ1) is 11.4. The summed E-state index contributed by atoms with van der Waals surface area (Å²) in [7, 11) is 0. The lowest BCUT2D eigenvalue weighted by Crippen LogP contribution is -2.28. The molecule has 0 bridgehead atoms. The van der Waals surface area contributed by atoms with E-state index in [0.29, 0.717) is 12.8 Å². The molecule has 2 nitrogen and oxygen atoms in total. The van der Waals surface area contributed by atoms with Gasteiger partial charge < -0.3 is 5.11 Å². The van der Waals surface area contributed by atoms with Crippen molar-refractivity contribution in [3.63, 3.8) is 0 Å². The zero-order valence-corrected chi connectivity index (χ0v) is 7.93. The van der Waals surface area contributed by atoms with Crippen molar-refractivity contribution in [2.45, 2.75) is 33.6 Å².